The van der Waals surface area contributed by atoms with Crippen LogP contribution in [0.3, 0.4) is 0 Å². The Bertz CT molecular complexity index is 187. The van der Waals surface area contributed by atoms with Crippen LogP contribution in [0.2, 0.25) is 0 Å². The maximum atomic E-state index is 11.7. The summed E-state index contributed by atoms with van der Waals surface area (Å²) < 4.78 is 0. The number of rotatable bonds is 2. The largest absolute Gasteiger partial charge is 0.340 e. The molecule has 0 N–H and O–H groups in total. The minimum absolute atomic E-state index is 0.347. The Morgan fingerprint density at radius 1 is 1.31 bits per heavy atom. The molecule has 0 spiro atoms. The number of amides is 1. The second-order valence-corrected chi connectivity index (χ2v) is 4.68. The molecule has 1 amide bonds. The van der Waals surface area contributed by atoms with Crippen molar-refractivity contribution in [2.75, 3.05) is 6.54 Å². The van der Waals surface area contributed by atoms with Crippen LogP contribution in [0, 0.1) is 11.8 Å². The number of likely N-dealkylation sites (tertiary alicyclic amines) is 1. The molecule has 0 unspecified atom stereocenters. The quantitative estimate of drug-likeness (QED) is 0.643. The fourth-order valence-electron chi connectivity index (χ4n) is 1.99. The Hall–Kier alpha value is -0.530. The van der Waals surface area contributed by atoms with E-state index in [0.717, 1.165) is 13.0 Å². The third kappa shape index (κ3) is 2.45. The lowest BCUT2D eigenvalue weighted by atomic mass is 9.86. The third-order valence-electron chi connectivity index (χ3n) is 3.06. The lowest BCUT2D eigenvalue weighted by molar-refractivity contribution is -0.137. The molecular weight excluding hydrogens is 162 g/mol. The van der Waals surface area contributed by atoms with Gasteiger partial charge in [-0.1, -0.05) is 13.8 Å². The zero-order valence-electron chi connectivity index (χ0n) is 9.21. The summed E-state index contributed by atoms with van der Waals surface area (Å²) in [5.41, 5.74) is 0. The van der Waals surface area contributed by atoms with Crippen LogP contribution in [-0.4, -0.2) is 23.4 Å². The van der Waals surface area contributed by atoms with E-state index in [-0.39, 0.29) is 0 Å². The SMILES string of the molecule is CC(C)[C@@H]1CCN(C(C)C)C(=O)C1. The highest BCUT2D eigenvalue weighted by atomic mass is 16.2. The number of hydrogen-bond acceptors (Lipinski definition) is 1. The number of carbonyl (C=O) groups excluding carboxylic acids is 1. The highest BCUT2D eigenvalue weighted by Gasteiger charge is 2.28. The first-order chi connectivity index (χ1) is 6.02. The van der Waals surface area contributed by atoms with E-state index in [2.05, 4.69) is 27.7 Å². The van der Waals surface area contributed by atoms with E-state index in [9.17, 15) is 4.79 Å². The van der Waals surface area contributed by atoms with Gasteiger partial charge in [-0.05, 0) is 32.1 Å². The van der Waals surface area contributed by atoms with Gasteiger partial charge in [0.15, 0.2) is 0 Å². The van der Waals surface area contributed by atoms with E-state index in [1.807, 2.05) is 4.90 Å². The Balaban J connectivity index is 2.52. The molecule has 2 nitrogen and oxygen atoms in total. The lowest BCUT2D eigenvalue weighted by Gasteiger charge is -2.36. The van der Waals surface area contributed by atoms with Crippen LogP contribution in [0.5, 0.6) is 0 Å². The fraction of sp³-hybridized carbons (Fsp3) is 0.909. The lowest BCUT2D eigenvalue weighted by Crippen LogP contribution is -2.43. The summed E-state index contributed by atoms with van der Waals surface area (Å²) in [6.07, 6.45) is 1.94. The summed E-state index contributed by atoms with van der Waals surface area (Å²) in [6.45, 7) is 9.56. The smallest absolute Gasteiger partial charge is 0.223 e. The number of hydrogen-bond donors (Lipinski definition) is 0. The summed E-state index contributed by atoms with van der Waals surface area (Å²) in [6, 6.07) is 0.376. The third-order valence-corrected chi connectivity index (χ3v) is 3.06. The maximum Gasteiger partial charge on any atom is 0.223 e. The van der Waals surface area contributed by atoms with Crippen LogP contribution < -0.4 is 0 Å². The summed E-state index contributed by atoms with van der Waals surface area (Å²) in [4.78, 5) is 13.7. The molecule has 1 heterocycles. The number of carbonyl (C=O) groups is 1. The first-order valence-corrected chi connectivity index (χ1v) is 5.31. The highest BCUT2D eigenvalue weighted by Crippen LogP contribution is 2.26. The average Bonchev–Trinajstić information content (AvgIpc) is 2.03. The van der Waals surface area contributed by atoms with Gasteiger partial charge in [-0.3, -0.25) is 4.79 Å². The molecule has 0 aliphatic carbocycles. The predicted octanol–water partition coefficient (Wildman–Crippen LogP) is 2.29. The molecule has 0 bridgehead atoms. The van der Waals surface area contributed by atoms with E-state index < -0.39 is 0 Å². The molecule has 0 aromatic rings. The normalized spacial score (nSPS) is 24.6. The van der Waals surface area contributed by atoms with E-state index in [4.69, 9.17) is 0 Å². The molecule has 0 aromatic carbocycles. The summed E-state index contributed by atoms with van der Waals surface area (Å²) >= 11 is 0. The zero-order valence-corrected chi connectivity index (χ0v) is 9.21. The minimum Gasteiger partial charge on any atom is -0.340 e. The van der Waals surface area contributed by atoms with Gasteiger partial charge in [0.1, 0.15) is 0 Å². The Kier molecular flexibility index (Phi) is 3.34. The van der Waals surface area contributed by atoms with Crippen molar-refractivity contribution in [3.05, 3.63) is 0 Å². The second kappa shape index (κ2) is 4.12. The van der Waals surface area contributed by atoms with Crippen LogP contribution in [0.25, 0.3) is 0 Å². The molecule has 0 radical (unpaired) electrons. The molecule has 13 heavy (non-hydrogen) atoms. The first-order valence-electron chi connectivity index (χ1n) is 5.31. The van der Waals surface area contributed by atoms with Gasteiger partial charge in [0.25, 0.3) is 0 Å². The molecule has 1 aliphatic rings. The Morgan fingerprint density at radius 3 is 2.31 bits per heavy atom. The van der Waals surface area contributed by atoms with Gasteiger partial charge in [-0.25, -0.2) is 0 Å². The van der Waals surface area contributed by atoms with Crippen molar-refractivity contribution in [1.29, 1.82) is 0 Å². The molecule has 1 atom stereocenters. The van der Waals surface area contributed by atoms with Crippen molar-refractivity contribution >= 4 is 5.91 Å². The summed E-state index contributed by atoms with van der Waals surface area (Å²) in [5, 5.41) is 0. The van der Waals surface area contributed by atoms with Crippen LogP contribution in [0.1, 0.15) is 40.5 Å². The van der Waals surface area contributed by atoms with Gasteiger partial charge in [0.05, 0.1) is 0 Å². The zero-order chi connectivity index (χ0) is 10.0. The van der Waals surface area contributed by atoms with Crippen molar-refractivity contribution in [2.45, 2.75) is 46.6 Å². The van der Waals surface area contributed by atoms with Crippen LogP contribution in [-0.2, 0) is 4.79 Å². The number of piperidine rings is 1. The minimum atomic E-state index is 0.347. The monoisotopic (exact) mass is 183 g/mol. The standard InChI is InChI=1S/C11H21NO/c1-8(2)10-5-6-12(9(3)4)11(13)7-10/h8-10H,5-7H2,1-4H3/t10-/m1/s1. The van der Waals surface area contributed by atoms with E-state index in [1.165, 1.54) is 6.42 Å². The average molecular weight is 183 g/mol. The predicted molar refractivity (Wildman–Crippen MR) is 54.4 cm³/mol. The van der Waals surface area contributed by atoms with Crippen molar-refractivity contribution in [1.82, 2.24) is 4.90 Å². The van der Waals surface area contributed by atoms with Crippen LogP contribution in [0.15, 0.2) is 0 Å². The number of nitrogens with zero attached hydrogens (tertiary/aromatic N) is 1. The molecule has 1 saturated heterocycles. The first kappa shape index (κ1) is 10.6. The van der Waals surface area contributed by atoms with E-state index in [1.54, 1.807) is 0 Å². The van der Waals surface area contributed by atoms with Crippen molar-refractivity contribution in [3.63, 3.8) is 0 Å². The summed E-state index contributed by atoms with van der Waals surface area (Å²) in [7, 11) is 0. The van der Waals surface area contributed by atoms with E-state index in [0.29, 0.717) is 23.8 Å². The van der Waals surface area contributed by atoms with Gasteiger partial charge in [0, 0.05) is 19.0 Å². The van der Waals surface area contributed by atoms with Crippen LogP contribution in [0.4, 0.5) is 0 Å². The molecule has 2 heteroatoms. The Labute approximate surface area is 81.3 Å². The molecule has 76 valence electrons. The fourth-order valence-corrected chi connectivity index (χ4v) is 1.99. The van der Waals surface area contributed by atoms with Gasteiger partial charge in [0.2, 0.25) is 5.91 Å². The molecule has 1 fully saturated rings. The van der Waals surface area contributed by atoms with Crippen LogP contribution >= 0.6 is 0 Å². The molecular formula is C11H21NO. The maximum absolute atomic E-state index is 11.7. The Morgan fingerprint density at radius 2 is 1.92 bits per heavy atom. The van der Waals surface area contributed by atoms with Gasteiger partial charge < -0.3 is 4.90 Å². The van der Waals surface area contributed by atoms with Gasteiger partial charge in [-0.2, -0.15) is 0 Å². The van der Waals surface area contributed by atoms with Crippen molar-refractivity contribution in [3.8, 4) is 0 Å². The van der Waals surface area contributed by atoms with Crippen molar-refractivity contribution < 1.29 is 4.79 Å². The van der Waals surface area contributed by atoms with Crippen molar-refractivity contribution in [2.24, 2.45) is 11.8 Å². The van der Waals surface area contributed by atoms with Gasteiger partial charge >= 0.3 is 0 Å². The summed E-state index contributed by atoms with van der Waals surface area (Å²) in [5.74, 6) is 1.61. The second-order valence-electron chi connectivity index (χ2n) is 4.68. The molecule has 0 aromatic heterocycles. The molecule has 1 rings (SSSR count). The molecule has 1 aliphatic heterocycles. The van der Waals surface area contributed by atoms with E-state index >= 15 is 0 Å². The highest BCUT2D eigenvalue weighted by molar-refractivity contribution is 5.77. The molecule has 0 saturated carbocycles. The topological polar surface area (TPSA) is 20.3 Å². The van der Waals surface area contributed by atoms with Gasteiger partial charge in [-0.15, -0.1) is 0 Å².